The van der Waals surface area contributed by atoms with Crippen LogP contribution in [-0.4, -0.2) is 11.9 Å². The van der Waals surface area contributed by atoms with E-state index in [1.807, 2.05) is 11.8 Å². The molecule has 0 saturated heterocycles. The predicted molar refractivity (Wildman–Crippen MR) is 82.8 cm³/mol. The standard InChI is InChI=1S/C15H21NOS2/c1-9-4-3-5-12(10(9)2)16-15(17)13-6-11-7-18-8-14(11)19-13/h6,9-10,12H,3-5,7-8H2,1-2H3,(H,16,17). The summed E-state index contributed by atoms with van der Waals surface area (Å²) in [4.78, 5) is 14.7. The largest absolute Gasteiger partial charge is 0.348 e. The Morgan fingerprint density at radius 3 is 2.95 bits per heavy atom. The number of thioether (sulfide) groups is 1. The molecular weight excluding hydrogens is 274 g/mol. The molecule has 0 aromatic carbocycles. The first kappa shape index (κ1) is 13.5. The van der Waals surface area contributed by atoms with Crippen molar-refractivity contribution in [3.8, 4) is 0 Å². The van der Waals surface area contributed by atoms with E-state index in [9.17, 15) is 4.79 Å². The minimum atomic E-state index is 0.148. The van der Waals surface area contributed by atoms with E-state index in [1.54, 1.807) is 11.3 Å². The van der Waals surface area contributed by atoms with E-state index in [0.29, 0.717) is 12.0 Å². The summed E-state index contributed by atoms with van der Waals surface area (Å²) in [5.74, 6) is 3.64. The van der Waals surface area contributed by atoms with Crippen LogP contribution < -0.4 is 5.32 Å². The number of hydrogen-bond acceptors (Lipinski definition) is 3. The molecule has 0 spiro atoms. The maximum absolute atomic E-state index is 12.4. The highest BCUT2D eigenvalue weighted by Gasteiger charge is 2.29. The van der Waals surface area contributed by atoms with Gasteiger partial charge in [0, 0.05) is 22.4 Å². The Bertz CT molecular complexity index is 461. The van der Waals surface area contributed by atoms with Crippen LogP contribution in [0.4, 0.5) is 0 Å². The van der Waals surface area contributed by atoms with E-state index >= 15 is 0 Å². The van der Waals surface area contributed by atoms with E-state index in [4.69, 9.17) is 0 Å². The van der Waals surface area contributed by atoms with Gasteiger partial charge in [0.2, 0.25) is 0 Å². The summed E-state index contributed by atoms with van der Waals surface area (Å²) in [5, 5.41) is 3.27. The van der Waals surface area contributed by atoms with Gasteiger partial charge in [-0.3, -0.25) is 4.79 Å². The number of carbonyl (C=O) groups excluding carboxylic acids is 1. The van der Waals surface area contributed by atoms with Crippen molar-refractivity contribution in [2.75, 3.05) is 0 Å². The van der Waals surface area contributed by atoms with Crippen LogP contribution in [0.25, 0.3) is 0 Å². The molecule has 1 aliphatic heterocycles. The van der Waals surface area contributed by atoms with Crippen molar-refractivity contribution in [2.24, 2.45) is 11.8 Å². The Balaban J connectivity index is 1.67. The molecule has 2 nitrogen and oxygen atoms in total. The predicted octanol–water partition coefficient (Wildman–Crippen LogP) is 4.05. The van der Waals surface area contributed by atoms with E-state index in [0.717, 1.165) is 28.7 Å². The Labute approximate surface area is 123 Å². The van der Waals surface area contributed by atoms with Gasteiger partial charge in [0.1, 0.15) is 0 Å². The highest BCUT2D eigenvalue weighted by atomic mass is 32.2. The maximum Gasteiger partial charge on any atom is 0.261 e. The van der Waals surface area contributed by atoms with Gasteiger partial charge in [-0.2, -0.15) is 11.8 Å². The second kappa shape index (κ2) is 5.49. The SMILES string of the molecule is CC1CCCC(NC(=O)c2cc3c(s2)CSC3)C1C. The van der Waals surface area contributed by atoms with Crippen LogP contribution in [0.1, 0.15) is 53.2 Å². The van der Waals surface area contributed by atoms with Gasteiger partial charge < -0.3 is 5.32 Å². The van der Waals surface area contributed by atoms with Crippen molar-refractivity contribution < 1.29 is 4.79 Å². The van der Waals surface area contributed by atoms with E-state index in [2.05, 4.69) is 25.2 Å². The summed E-state index contributed by atoms with van der Waals surface area (Å²) in [7, 11) is 0. The highest BCUT2D eigenvalue weighted by Crippen LogP contribution is 2.36. The Morgan fingerprint density at radius 2 is 2.16 bits per heavy atom. The van der Waals surface area contributed by atoms with Crippen molar-refractivity contribution in [3.05, 3.63) is 21.4 Å². The molecule has 0 radical (unpaired) electrons. The first-order valence-corrected chi connectivity index (χ1v) is 9.12. The number of thiophene rings is 1. The molecular formula is C15H21NOS2. The average molecular weight is 295 g/mol. The third kappa shape index (κ3) is 2.70. The molecule has 1 N–H and O–H groups in total. The zero-order valence-electron chi connectivity index (χ0n) is 11.6. The number of rotatable bonds is 2. The van der Waals surface area contributed by atoms with Crippen LogP contribution in [0.15, 0.2) is 6.07 Å². The molecule has 1 amide bonds. The van der Waals surface area contributed by atoms with Gasteiger partial charge in [-0.25, -0.2) is 0 Å². The van der Waals surface area contributed by atoms with Crippen LogP contribution in [0.2, 0.25) is 0 Å². The summed E-state index contributed by atoms with van der Waals surface area (Å²) in [6.45, 7) is 4.58. The van der Waals surface area contributed by atoms with Gasteiger partial charge in [-0.15, -0.1) is 11.3 Å². The number of hydrogen-bond donors (Lipinski definition) is 1. The molecule has 19 heavy (non-hydrogen) atoms. The van der Waals surface area contributed by atoms with Gasteiger partial charge >= 0.3 is 0 Å². The third-order valence-electron chi connectivity index (χ3n) is 4.63. The van der Waals surface area contributed by atoms with E-state index in [1.165, 1.54) is 23.3 Å². The first-order chi connectivity index (χ1) is 9.15. The molecule has 1 fully saturated rings. The van der Waals surface area contributed by atoms with Gasteiger partial charge in [-0.05, 0) is 29.9 Å². The third-order valence-corrected chi connectivity index (χ3v) is 7.00. The maximum atomic E-state index is 12.4. The van der Waals surface area contributed by atoms with Crippen LogP contribution in [0, 0.1) is 11.8 Å². The molecule has 3 unspecified atom stereocenters. The molecule has 2 aliphatic rings. The van der Waals surface area contributed by atoms with Crippen molar-refractivity contribution in [2.45, 2.75) is 50.7 Å². The van der Waals surface area contributed by atoms with Crippen molar-refractivity contribution in [1.29, 1.82) is 0 Å². The van der Waals surface area contributed by atoms with Gasteiger partial charge in [0.15, 0.2) is 0 Å². The smallest absolute Gasteiger partial charge is 0.261 e. The van der Waals surface area contributed by atoms with Crippen molar-refractivity contribution in [3.63, 3.8) is 0 Å². The molecule has 104 valence electrons. The second-order valence-corrected chi connectivity index (χ2v) is 8.02. The Hall–Kier alpha value is -0.480. The monoisotopic (exact) mass is 295 g/mol. The lowest BCUT2D eigenvalue weighted by molar-refractivity contribution is 0.0895. The molecule has 0 bridgehead atoms. The van der Waals surface area contributed by atoms with Gasteiger partial charge in [0.05, 0.1) is 4.88 Å². The van der Waals surface area contributed by atoms with Crippen LogP contribution in [0.5, 0.6) is 0 Å². The first-order valence-electron chi connectivity index (χ1n) is 7.15. The fourth-order valence-electron chi connectivity index (χ4n) is 3.10. The van der Waals surface area contributed by atoms with Gasteiger partial charge in [0.25, 0.3) is 5.91 Å². The summed E-state index contributed by atoms with van der Waals surface area (Å²) in [6.07, 6.45) is 3.68. The van der Waals surface area contributed by atoms with Crippen molar-refractivity contribution >= 4 is 29.0 Å². The minimum Gasteiger partial charge on any atom is -0.348 e. The Morgan fingerprint density at radius 1 is 1.32 bits per heavy atom. The lowest BCUT2D eigenvalue weighted by Gasteiger charge is -2.34. The Kier molecular flexibility index (Phi) is 3.90. The molecule has 3 atom stereocenters. The molecule has 2 heterocycles. The quantitative estimate of drug-likeness (QED) is 0.892. The number of fused-ring (bicyclic) bond motifs is 1. The van der Waals surface area contributed by atoms with Crippen LogP contribution in [-0.2, 0) is 11.5 Å². The second-order valence-electron chi connectivity index (χ2n) is 5.90. The lowest BCUT2D eigenvalue weighted by Crippen LogP contribution is -2.43. The summed E-state index contributed by atoms with van der Waals surface area (Å²) < 4.78 is 0. The summed E-state index contributed by atoms with van der Waals surface area (Å²) in [6, 6.07) is 2.47. The fourth-order valence-corrected chi connectivity index (χ4v) is 5.51. The molecule has 1 aromatic heterocycles. The number of carbonyl (C=O) groups is 1. The number of nitrogens with one attached hydrogen (secondary N) is 1. The summed E-state index contributed by atoms with van der Waals surface area (Å²) in [5.41, 5.74) is 1.38. The average Bonchev–Trinajstić information content (AvgIpc) is 2.95. The topological polar surface area (TPSA) is 29.1 Å². The zero-order valence-corrected chi connectivity index (χ0v) is 13.2. The molecule has 1 aromatic rings. The van der Waals surface area contributed by atoms with Crippen LogP contribution in [0.3, 0.4) is 0 Å². The number of amides is 1. The molecule has 3 rings (SSSR count). The zero-order chi connectivity index (χ0) is 13.4. The van der Waals surface area contributed by atoms with Crippen LogP contribution >= 0.6 is 23.1 Å². The molecule has 1 saturated carbocycles. The van der Waals surface area contributed by atoms with E-state index < -0.39 is 0 Å². The fraction of sp³-hybridized carbons (Fsp3) is 0.667. The normalized spacial score (nSPS) is 30.1. The molecule has 4 heteroatoms. The molecule has 1 aliphatic carbocycles. The lowest BCUT2D eigenvalue weighted by atomic mass is 9.78. The van der Waals surface area contributed by atoms with Crippen molar-refractivity contribution in [1.82, 2.24) is 5.32 Å². The van der Waals surface area contributed by atoms with E-state index in [-0.39, 0.29) is 5.91 Å². The summed E-state index contributed by atoms with van der Waals surface area (Å²) >= 11 is 3.63. The highest BCUT2D eigenvalue weighted by molar-refractivity contribution is 7.98. The van der Waals surface area contributed by atoms with Gasteiger partial charge in [-0.1, -0.05) is 26.7 Å². The minimum absolute atomic E-state index is 0.148.